The zero-order valence-corrected chi connectivity index (χ0v) is 19.4. The molecule has 12 heteroatoms. The van der Waals surface area contributed by atoms with Crippen molar-refractivity contribution in [2.24, 2.45) is 0 Å². The van der Waals surface area contributed by atoms with Crippen molar-refractivity contribution in [3.63, 3.8) is 0 Å². The molecule has 35 heavy (non-hydrogen) atoms. The predicted molar refractivity (Wildman–Crippen MR) is 124 cm³/mol. The molecular weight excluding hydrogens is 488 g/mol. The van der Waals surface area contributed by atoms with Crippen molar-refractivity contribution in [2.75, 3.05) is 29.0 Å². The molecule has 2 heterocycles. The molecule has 0 aliphatic carbocycles. The highest BCUT2D eigenvalue weighted by Crippen LogP contribution is 2.32. The SMILES string of the molecule is C#Cc1cc(F)cc(CNC(=O)C=Cc2ccc(C(F)(F)F)nc2N2CCCC2)c1NS(C)(=O)=O. The summed E-state index contributed by atoms with van der Waals surface area (Å²) in [6.45, 7) is 0.834. The van der Waals surface area contributed by atoms with E-state index in [2.05, 4.69) is 20.9 Å². The lowest BCUT2D eigenvalue weighted by atomic mass is 10.1. The first-order valence-corrected chi connectivity index (χ1v) is 12.3. The molecule has 1 amide bonds. The zero-order valence-electron chi connectivity index (χ0n) is 18.6. The average Bonchev–Trinajstić information content (AvgIpc) is 3.30. The number of sulfonamides is 1. The second-order valence-electron chi connectivity index (χ2n) is 7.86. The topological polar surface area (TPSA) is 91.4 Å². The fraction of sp³-hybridized carbons (Fsp3) is 0.304. The Balaban J connectivity index is 1.81. The molecule has 3 rings (SSSR count). The van der Waals surface area contributed by atoms with E-state index in [0.29, 0.717) is 18.7 Å². The van der Waals surface area contributed by atoms with Gasteiger partial charge in [0.1, 0.15) is 17.3 Å². The minimum Gasteiger partial charge on any atom is -0.356 e. The molecule has 1 saturated heterocycles. The number of nitrogens with one attached hydrogen (secondary N) is 2. The summed E-state index contributed by atoms with van der Waals surface area (Å²) in [6, 6.07) is 4.10. The van der Waals surface area contributed by atoms with E-state index in [0.717, 1.165) is 43.4 Å². The van der Waals surface area contributed by atoms with E-state index in [1.807, 2.05) is 0 Å². The Morgan fingerprint density at radius 1 is 1.26 bits per heavy atom. The summed E-state index contributed by atoms with van der Waals surface area (Å²) in [5.74, 6) is 0.962. The van der Waals surface area contributed by atoms with E-state index in [4.69, 9.17) is 6.42 Å². The first-order valence-electron chi connectivity index (χ1n) is 10.4. The molecule has 1 fully saturated rings. The maximum absolute atomic E-state index is 13.9. The van der Waals surface area contributed by atoms with Gasteiger partial charge >= 0.3 is 6.18 Å². The number of hydrogen-bond acceptors (Lipinski definition) is 5. The van der Waals surface area contributed by atoms with Crippen LogP contribution in [0, 0.1) is 18.2 Å². The normalized spacial score (nSPS) is 14.2. The van der Waals surface area contributed by atoms with Crippen LogP contribution in [0.25, 0.3) is 6.08 Å². The minimum absolute atomic E-state index is 0.0380. The predicted octanol–water partition coefficient (Wildman–Crippen LogP) is 3.52. The van der Waals surface area contributed by atoms with Crippen molar-refractivity contribution in [1.82, 2.24) is 10.3 Å². The highest BCUT2D eigenvalue weighted by Gasteiger charge is 2.33. The third-order valence-corrected chi connectivity index (χ3v) is 5.67. The number of anilines is 2. The Bertz CT molecular complexity index is 1300. The van der Waals surface area contributed by atoms with Gasteiger partial charge in [-0.2, -0.15) is 13.2 Å². The molecule has 1 aromatic heterocycles. The average molecular weight is 511 g/mol. The number of terminal acetylenes is 1. The van der Waals surface area contributed by atoms with Crippen LogP contribution in [0.3, 0.4) is 0 Å². The highest BCUT2D eigenvalue weighted by atomic mass is 32.2. The van der Waals surface area contributed by atoms with Gasteiger partial charge in [0.05, 0.1) is 17.5 Å². The number of hydrogen-bond donors (Lipinski definition) is 2. The number of carbonyl (C=O) groups is 1. The molecule has 0 bridgehead atoms. The van der Waals surface area contributed by atoms with Crippen LogP contribution in [0.1, 0.15) is 35.2 Å². The zero-order chi connectivity index (χ0) is 25.8. The Morgan fingerprint density at radius 3 is 2.54 bits per heavy atom. The minimum atomic E-state index is -4.60. The van der Waals surface area contributed by atoms with Crippen molar-refractivity contribution in [2.45, 2.75) is 25.6 Å². The van der Waals surface area contributed by atoms with Gasteiger partial charge in [-0.15, -0.1) is 6.42 Å². The van der Waals surface area contributed by atoms with E-state index < -0.39 is 33.6 Å². The monoisotopic (exact) mass is 510 g/mol. The molecule has 1 aromatic carbocycles. The van der Waals surface area contributed by atoms with E-state index >= 15 is 0 Å². The molecule has 2 N–H and O–H groups in total. The van der Waals surface area contributed by atoms with Crippen molar-refractivity contribution < 1.29 is 30.8 Å². The van der Waals surface area contributed by atoms with E-state index in [-0.39, 0.29) is 29.2 Å². The Morgan fingerprint density at radius 2 is 1.94 bits per heavy atom. The Hall–Kier alpha value is -3.59. The van der Waals surface area contributed by atoms with Crippen LogP contribution in [0.2, 0.25) is 0 Å². The Kier molecular flexibility index (Phi) is 7.70. The summed E-state index contributed by atoms with van der Waals surface area (Å²) in [5.41, 5.74) is -0.679. The van der Waals surface area contributed by atoms with Crippen molar-refractivity contribution in [3.8, 4) is 12.3 Å². The number of rotatable bonds is 7. The van der Waals surface area contributed by atoms with Crippen molar-refractivity contribution in [3.05, 3.63) is 58.5 Å². The second kappa shape index (κ2) is 10.4. The maximum atomic E-state index is 13.9. The van der Waals surface area contributed by atoms with Gasteiger partial charge in [0.25, 0.3) is 0 Å². The number of carbonyl (C=O) groups excluding carboxylic acids is 1. The molecule has 0 spiro atoms. The third kappa shape index (κ3) is 6.95. The molecule has 186 valence electrons. The van der Waals surface area contributed by atoms with Gasteiger partial charge in [-0.25, -0.2) is 17.8 Å². The highest BCUT2D eigenvalue weighted by molar-refractivity contribution is 7.92. The first kappa shape index (κ1) is 26.0. The summed E-state index contributed by atoms with van der Waals surface area (Å²) in [7, 11) is -3.74. The van der Waals surface area contributed by atoms with E-state index in [1.54, 1.807) is 4.90 Å². The summed E-state index contributed by atoms with van der Waals surface area (Å²) in [6.07, 6.45) is 5.73. The van der Waals surface area contributed by atoms with Crippen LogP contribution in [-0.4, -0.2) is 38.7 Å². The summed E-state index contributed by atoms with van der Waals surface area (Å²) in [4.78, 5) is 17.9. The molecule has 1 aliphatic heterocycles. The van der Waals surface area contributed by atoms with Gasteiger partial charge in [-0.1, -0.05) is 5.92 Å². The second-order valence-corrected chi connectivity index (χ2v) is 9.61. The van der Waals surface area contributed by atoms with Gasteiger partial charge in [0, 0.05) is 31.3 Å². The lowest BCUT2D eigenvalue weighted by Crippen LogP contribution is -2.23. The third-order valence-electron chi connectivity index (χ3n) is 5.10. The molecule has 1 aliphatic rings. The molecule has 0 saturated carbocycles. The number of alkyl halides is 3. The van der Waals surface area contributed by atoms with Crippen LogP contribution < -0.4 is 14.9 Å². The number of benzene rings is 1. The molecule has 0 radical (unpaired) electrons. The van der Waals surface area contributed by atoms with Gasteiger partial charge in [0.2, 0.25) is 15.9 Å². The molecular formula is C23H22F4N4O3S. The number of halogens is 4. The quantitative estimate of drug-likeness (QED) is 0.338. The largest absolute Gasteiger partial charge is 0.433 e. The number of pyridine rings is 1. The van der Waals surface area contributed by atoms with Gasteiger partial charge < -0.3 is 10.2 Å². The van der Waals surface area contributed by atoms with Crippen molar-refractivity contribution >= 4 is 33.5 Å². The first-order chi connectivity index (χ1) is 16.4. The van der Waals surface area contributed by atoms with Crippen LogP contribution in [-0.2, 0) is 27.5 Å². The summed E-state index contributed by atoms with van der Waals surface area (Å²) >= 11 is 0. The number of aromatic nitrogens is 1. The summed E-state index contributed by atoms with van der Waals surface area (Å²) in [5, 5.41) is 2.49. The molecule has 0 unspecified atom stereocenters. The van der Waals surface area contributed by atoms with Crippen molar-refractivity contribution in [1.29, 1.82) is 0 Å². The van der Waals surface area contributed by atoms with Gasteiger partial charge in [0.15, 0.2) is 0 Å². The number of amides is 1. The standard InChI is InChI=1S/C23H22F4N4O3S/c1-3-15-12-18(24)13-17(21(15)30-35(2,33)34)14-28-20(32)9-7-16-6-8-19(23(25,26)27)29-22(16)31-10-4-5-11-31/h1,6-9,12-13,30H,4-5,10-11,14H2,2H3,(H,28,32). The van der Waals surface area contributed by atoms with Crippen LogP contribution in [0.4, 0.5) is 29.1 Å². The molecule has 2 aromatic rings. The van der Waals surface area contributed by atoms with Crippen LogP contribution in [0.15, 0.2) is 30.3 Å². The maximum Gasteiger partial charge on any atom is 0.433 e. The fourth-order valence-corrected chi connectivity index (χ4v) is 4.17. The number of nitrogens with zero attached hydrogens (tertiary/aromatic N) is 2. The van der Waals surface area contributed by atoms with Crippen LogP contribution in [0.5, 0.6) is 0 Å². The summed E-state index contributed by atoms with van der Waals surface area (Å²) < 4.78 is 78.9. The van der Waals surface area contributed by atoms with E-state index in [1.165, 1.54) is 12.1 Å². The smallest absolute Gasteiger partial charge is 0.356 e. The van der Waals surface area contributed by atoms with Gasteiger partial charge in [-0.3, -0.25) is 9.52 Å². The molecule has 7 nitrogen and oxygen atoms in total. The Labute approximate surface area is 200 Å². The van der Waals surface area contributed by atoms with Gasteiger partial charge in [-0.05, 0) is 48.7 Å². The van der Waals surface area contributed by atoms with Crippen LogP contribution >= 0.6 is 0 Å². The van der Waals surface area contributed by atoms with E-state index in [9.17, 15) is 30.8 Å². The lowest BCUT2D eigenvalue weighted by molar-refractivity contribution is -0.141. The lowest BCUT2D eigenvalue weighted by Gasteiger charge is -2.20. The fourth-order valence-electron chi connectivity index (χ4n) is 3.56. The molecule has 0 atom stereocenters.